The SMILES string of the molecule is O=C(O)c1ccc(CC2CCN(C(=O)c3cscn3)C2)cc1. The van der Waals surface area contributed by atoms with Gasteiger partial charge in [0.1, 0.15) is 5.69 Å². The highest BCUT2D eigenvalue weighted by Gasteiger charge is 2.27. The van der Waals surface area contributed by atoms with Gasteiger partial charge in [-0.3, -0.25) is 4.79 Å². The lowest BCUT2D eigenvalue weighted by atomic mass is 9.98. The van der Waals surface area contributed by atoms with Gasteiger partial charge in [0, 0.05) is 18.5 Å². The summed E-state index contributed by atoms with van der Waals surface area (Å²) in [5.41, 5.74) is 3.61. The smallest absolute Gasteiger partial charge is 0.335 e. The summed E-state index contributed by atoms with van der Waals surface area (Å²) in [6, 6.07) is 6.97. The molecule has 1 fully saturated rings. The molecule has 22 heavy (non-hydrogen) atoms. The molecule has 114 valence electrons. The zero-order valence-corrected chi connectivity index (χ0v) is 12.8. The van der Waals surface area contributed by atoms with Crippen molar-refractivity contribution in [3.05, 3.63) is 52.0 Å². The second-order valence-electron chi connectivity index (χ2n) is 5.49. The normalized spacial score (nSPS) is 17.6. The lowest BCUT2D eigenvalue weighted by molar-refractivity contribution is 0.0696. The molecule has 1 aliphatic heterocycles. The van der Waals surface area contributed by atoms with Gasteiger partial charge in [-0.05, 0) is 36.5 Å². The Morgan fingerprint density at radius 2 is 2.09 bits per heavy atom. The molecule has 1 atom stereocenters. The number of carboxylic acids is 1. The fraction of sp³-hybridized carbons (Fsp3) is 0.312. The Kier molecular flexibility index (Phi) is 4.20. The summed E-state index contributed by atoms with van der Waals surface area (Å²) in [4.78, 5) is 29.0. The molecule has 2 aromatic rings. The summed E-state index contributed by atoms with van der Waals surface area (Å²) in [5.74, 6) is -0.490. The van der Waals surface area contributed by atoms with Crippen molar-refractivity contribution in [2.75, 3.05) is 13.1 Å². The number of nitrogens with zero attached hydrogens (tertiary/aromatic N) is 2. The average Bonchev–Trinajstić information content (AvgIpc) is 3.19. The zero-order chi connectivity index (χ0) is 15.5. The molecule has 1 saturated heterocycles. The number of likely N-dealkylation sites (tertiary alicyclic amines) is 1. The van der Waals surface area contributed by atoms with Gasteiger partial charge in [-0.15, -0.1) is 11.3 Å². The van der Waals surface area contributed by atoms with Crippen molar-refractivity contribution in [3.8, 4) is 0 Å². The minimum absolute atomic E-state index is 0.00461. The zero-order valence-electron chi connectivity index (χ0n) is 11.9. The van der Waals surface area contributed by atoms with Gasteiger partial charge in [0.15, 0.2) is 0 Å². The second kappa shape index (κ2) is 6.27. The average molecular weight is 316 g/mol. The molecular weight excluding hydrogens is 300 g/mol. The first kappa shape index (κ1) is 14.7. The predicted octanol–water partition coefficient (Wildman–Crippen LogP) is 2.55. The molecule has 0 saturated carbocycles. The van der Waals surface area contributed by atoms with Gasteiger partial charge in [-0.1, -0.05) is 12.1 Å². The third-order valence-electron chi connectivity index (χ3n) is 3.95. The number of aromatic nitrogens is 1. The summed E-state index contributed by atoms with van der Waals surface area (Å²) < 4.78 is 0. The van der Waals surface area contributed by atoms with Crippen molar-refractivity contribution in [2.45, 2.75) is 12.8 Å². The molecule has 3 rings (SSSR count). The Hall–Kier alpha value is -2.21. The third kappa shape index (κ3) is 3.17. The van der Waals surface area contributed by atoms with E-state index in [9.17, 15) is 9.59 Å². The number of amides is 1. The number of carbonyl (C=O) groups is 2. The molecule has 1 N–H and O–H groups in total. The number of hydrogen-bond donors (Lipinski definition) is 1. The van der Waals surface area contributed by atoms with Crippen LogP contribution in [-0.2, 0) is 6.42 Å². The van der Waals surface area contributed by atoms with Gasteiger partial charge in [0.05, 0.1) is 11.1 Å². The highest BCUT2D eigenvalue weighted by atomic mass is 32.1. The summed E-state index contributed by atoms with van der Waals surface area (Å²) in [6.07, 6.45) is 1.83. The summed E-state index contributed by atoms with van der Waals surface area (Å²) >= 11 is 1.43. The highest BCUT2D eigenvalue weighted by Crippen LogP contribution is 2.22. The van der Waals surface area contributed by atoms with Crippen molar-refractivity contribution in [1.82, 2.24) is 9.88 Å². The van der Waals surface area contributed by atoms with Gasteiger partial charge >= 0.3 is 5.97 Å². The van der Waals surface area contributed by atoms with E-state index in [2.05, 4.69) is 4.98 Å². The van der Waals surface area contributed by atoms with Crippen molar-refractivity contribution >= 4 is 23.2 Å². The fourth-order valence-electron chi connectivity index (χ4n) is 2.78. The van der Waals surface area contributed by atoms with Crippen LogP contribution in [0, 0.1) is 5.92 Å². The summed E-state index contributed by atoms with van der Waals surface area (Å²) in [7, 11) is 0. The molecule has 1 unspecified atom stereocenters. The Bertz CT molecular complexity index is 667. The Balaban J connectivity index is 1.59. The Labute approximate surface area is 132 Å². The summed E-state index contributed by atoms with van der Waals surface area (Å²) in [6.45, 7) is 1.49. The maximum absolute atomic E-state index is 12.2. The molecule has 6 heteroatoms. The van der Waals surface area contributed by atoms with Crippen molar-refractivity contribution in [1.29, 1.82) is 0 Å². The van der Waals surface area contributed by atoms with Crippen LogP contribution in [0.1, 0.15) is 32.8 Å². The summed E-state index contributed by atoms with van der Waals surface area (Å²) in [5, 5.41) is 10.7. The Morgan fingerprint density at radius 1 is 1.32 bits per heavy atom. The van der Waals surface area contributed by atoms with Gasteiger partial charge < -0.3 is 10.0 Å². The number of carbonyl (C=O) groups excluding carboxylic acids is 1. The predicted molar refractivity (Wildman–Crippen MR) is 83.2 cm³/mol. The standard InChI is InChI=1S/C16H16N2O3S/c19-15(14-9-22-10-17-14)18-6-5-12(8-18)7-11-1-3-13(4-2-11)16(20)21/h1-4,9-10,12H,5-8H2,(H,20,21). The number of hydrogen-bond acceptors (Lipinski definition) is 4. The van der Waals surface area contributed by atoms with E-state index in [0.717, 1.165) is 31.5 Å². The van der Waals surface area contributed by atoms with E-state index >= 15 is 0 Å². The number of carboxylic acid groups (broad SMARTS) is 1. The van der Waals surface area contributed by atoms with E-state index in [-0.39, 0.29) is 5.91 Å². The number of thiazole rings is 1. The van der Waals surface area contributed by atoms with E-state index in [0.29, 0.717) is 17.2 Å². The van der Waals surface area contributed by atoms with Crippen LogP contribution in [-0.4, -0.2) is 40.0 Å². The molecule has 5 nitrogen and oxygen atoms in total. The molecule has 0 bridgehead atoms. The van der Waals surface area contributed by atoms with Crippen LogP contribution >= 0.6 is 11.3 Å². The molecule has 1 amide bonds. The maximum atomic E-state index is 12.2. The second-order valence-corrected chi connectivity index (χ2v) is 6.20. The molecule has 0 aliphatic carbocycles. The number of aromatic carboxylic acids is 1. The van der Waals surface area contributed by atoms with Crippen LogP contribution in [0.5, 0.6) is 0 Å². The van der Waals surface area contributed by atoms with Gasteiger partial charge in [-0.25, -0.2) is 9.78 Å². The van der Waals surface area contributed by atoms with Crippen molar-refractivity contribution < 1.29 is 14.7 Å². The van der Waals surface area contributed by atoms with Crippen LogP contribution in [0.2, 0.25) is 0 Å². The highest BCUT2D eigenvalue weighted by molar-refractivity contribution is 7.07. The lowest BCUT2D eigenvalue weighted by Crippen LogP contribution is -2.29. The van der Waals surface area contributed by atoms with Gasteiger partial charge in [-0.2, -0.15) is 0 Å². The Morgan fingerprint density at radius 3 is 2.73 bits per heavy atom. The molecule has 0 radical (unpaired) electrons. The van der Waals surface area contributed by atoms with E-state index in [1.54, 1.807) is 23.0 Å². The molecule has 1 aromatic heterocycles. The van der Waals surface area contributed by atoms with Crippen LogP contribution in [0.3, 0.4) is 0 Å². The number of rotatable bonds is 4. The maximum Gasteiger partial charge on any atom is 0.335 e. The monoisotopic (exact) mass is 316 g/mol. The van der Waals surface area contributed by atoms with Crippen LogP contribution in [0.15, 0.2) is 35.2 Å². The van der Waals surface area contributed by atoms with Crippen molar-refractivity contribution in [2.24, 2.45) is 5.92 Å². The minimum Gasteiger partial charge on any atom is -0.478 e. The topological polar surface area (TPSA) is 70.5 Å². The minimum atomic E-state index is -0.910. The third-order valence-corrected chi connectivity index (χ3v) is 4.54. The molecular formula is C16H16N2O3S. The van der Waals surface area contributed by atoms with E-state index in [1.807, 2.05) is 17.0 Å². The number of benzene rings is 1. The molecule has 2 heterocycles. The first-order valence-electron chi connectivity index (χ1n) is 7.13. The van der Waals surface area contributed by atoms with Crippen LogP contribution in [0.25, 0.3) is 0 Å². The first-order chi connectivity index (χ1) is 10.6. The van der Waals surface area contributed by atoms with Crippen molar-refractivity contribution in [3.63, 3.8) is 0 Å². The molecule has 1 aliphatic rings. The van der Waals surface area contributed by atoms with E-state index in [1.165, 1.54) is 11.3 Å². The van der Waals surface area contributed by atoms with Crippen LogP contribution < -0.4 is 0 Å². The van der Waals surface area contributed by atoms with Gasteiger partial charge in [0.2, 0.25) is 0 Å². The molecule has 0 spiro atoms. The van der Waals surface area contributed by atoms with Gasteiger partial charge in [0.25, 0.3) is 5.91 Å². The fourth-order valence-corrected chi connectivity index (χ4v) is 3.31. The van der Waals surface area contributed by atoms with Crippen LogP contribution in [0.4, 0.5) is 0 Å². The molecule has 1 aromatic carbocycles. The lowest BCUT2D eigenvalue weighted by Gasteiger charge is -2.15. The van der Waals surface area contributed by atoms with E-state index in [4.69, 9.17) is 5.11 Å². The largest absolute Gasteiger partial charge is 0.478 e. The quantitative estimate of drug-likeness (QED) is 0.941. The first-order valence-corrected chi connectivity index (χ1v) is 8.07. The van der Waals surface area contributed by atoms with E-state index < -0.39 is 5.97 Å².